The summed E-state index contributed by atoms with van der Waals surface area (Å²) in [4.78, 5) is 11.8. The standard InChI is InChI=1S/C14H29NO3/c1-6-7-8-10-18-11-9-14(4,13(16)17-5)15-12(2)3/h12,15H,6-11H2,1-5H3. The maximum atomic E-state index is 11.8. The zero-order valence-corrected chi connectivity index (χ0v) is 12.5. The fourth-order valence-corrected chi connectivity index (χ4v) is 1.93. The van der Waals surface area contributed by atoms with Crippen LogP contribution in [0.5, 0.6) is 0 Å². The number of carbonyl (C=O) groups is 1. The molecule has 1 unspecified atom stereocenters. The van der Waals surface area contributed by atoms with E-state index in [0.29, 0.717) is 13.0 Å². The van der Waals surface area contributed by atoms with E-state index < -0.39 is 5.54 Å². The van der Waals surface area contributed by atoms with Crippen LogP contribution in [-0.4, -0.2) is 37.9 Å². The average molecular weight is 259 g/mol. The molecule has 0 saturated heterocycles. The summed E-state index contributed by atoms with van der Waals surface area (Å²) in [5.74, 6) is -0.228. The van der Waals surface area contributed by atoms with Crippen molar-refractivity contribution in [2.45, 2.75) is 65.0 Å². The molecule has 1 N–H and O–H groups in total. The Labute approximate surface area is 111 Å². The van der Waals surface area contributed by atoms with E-state index in [1.54, 1.807) is 0 Å². The van der Waals surface area contributed by atoms with Crippen molar-refractivity contribution in [3.63, 3.8) is 0 Å². The van der Waals surface area contributed by atoms with Gasteiger partial charge >= 0.3 is 5.97 Å². The topological polar surface area (TPSA) is 47.6 Å². The summed E-state index contributed by atoms with van der Waals surface area (Å²) in [7, 11) is 1.42. The molecular formula is C14H29NO3. The second-order valence-corrected chi connectivity index (χ2v) is 5.19. The number of ether oxygens (including phenoxy) is 2. The highest BCUT2D eigenvalue weighted by Crippen LogP contribution is 2.13. The van der Waals surface area contributed by atoms with E-state index in [1.807, 2.05) is 20.8 Å². The highest BCUT2D eigenvalue weighted by atomic mass is 16.5. The van der Waals surface area contributed by atoms with E-state index in [0.717, 1.165) is 13.0 Å². The molecular weight excluding hydrogens is 230 g/mol. The maximum Gasteiger partial charge on any atom is 0.325 e. The molecule has 0 saturated carbocycles. The van der Waals surface area contributed by atoms with Crippen molar-refractivity contribution in [1.29, 1.82) is 0 Å². The molecule has 0 amide bonds. The first-order chi connectivity index (χ1) is 8.46. The highest BCUT2D eigenvalue weighted by Gasteiger charge is 2.34. The molecule has 0 bridgehead atoms. The molecule has 0 spiro atoms. The summed E-state index contributed by atoms with van der Waals surface area (Å²) in [6.07, 6.45) is 4.10. The van der Waals surface area contributed by atoms with Crippen molar-refractivity contribution in [3.8, 4) is 0 Å². The van der Waals surface area contributed by atoms with Crippen molar-refractivity contribution in [1.82, 2.24) is 5.32 Å². The quantitative estimate of drug-likeness (QED) is 0.484. The number of rotatable bonds is 10. The third-order valence-corrected chi connectivity index (χ3v) is 2.88. The van der Waals surface area contributed by atoms with Gasteiger partial charge in [-0.3, -0.25) is 10.1 Å². The minimum Gasteiger partial charge on any atom is -0.468 e. The largest absolute Gasteiger partial charge is 0.468 e. The van der Waals surface area contributed by atoms with Crippen LogP contribution in [0.25, 0.3) is 0 Å². The Balaban J connectivity index is 4.05. The Hall–Kier alpha value is -0.610. The number of nitrogens with one attached hydrogen (secondary N) is 1. The van der Waals surface area contributed by atoms with Gasteiger partial charge in [-0.25, -0.2) is 0 Å². The Bertz CT molecular complexity index is 231. The molecule has 0 heterocycles. The third-order valence-electron chi connectivity index (χ3n) is 2.88. The monoisotopic (exact) mass is 259 g/mol. The average Bonchev–Trinajstić information content (AvgIpc) is 2.31. The van der Waals surface area contributed by atoms with Gasteiger partial charge in [0, 0.05) is 19.3 Å². The van der Waals surface area contributed by atoms with Gasteiger partial charge in [0.05, 0.1) is 7.11 Å². The predicted molar refractivity (Wildman–Crippen MR) is 73.7 cm³/mol. The van der Waals surface area contributed by atoms with Gasteiger partial charge in [0.1, 0.15) is 5.54 Å². The lowest BCUT2D eigenvalue weighted by Gasteiger charge is -2.30. The van der Waals surface area contributed by atoms with E-state index >= 15 is 0 Å². The minimum atomic E-state index is -0.659. The summed E-state index contributed by atoms with van der Waals surface area (Å²) >= 11 is 0. The Morgan fingerprint density at radius 1 is 1.28 bits per heavy atom. The van der Waals surface area contributed by atoms with Crippen molar-refractivity contribution in [2.75, 3.05) is 20.3 Å². The van der Waals surface area contributed by atoms with E-state index in [-0.39, 0.29) is 12.0 Å². The summed E-state index contributed by atoms with van der Waals surface area (Å²) in [6, 6.07) is 0.231. The third kappa shape index (κ3) is 6.97. The van der Waals surface area contributed by atoms with E-state index in [4.69, 9.17) is 9.47 Å². The number of esters is 1. The Morgan fingerprint density at radius 3 is 2.44 bits per heavy atom. The van der Waals surface area contributed by atoms with E-state index in [2.05, 4.69) is 12.2 Å². The van der Waals surface area contributed by atoms with Gasteiger partial charge in [0.25, 0.3) is 0 Å². The minimum absolute atomic E-state index is 0.228. The molecule has 0 fully saturated rings. The fraction of sp³-hybridized carbons (Fsp3) is 0.929. The number of hydrogen-bond acceptors (Lipinski definition) is 4. The molecule has 0 aliphatic carbocycles. The molecule has 0 rings (SSSR count). The van der Waals surface area contributed by atoms with Crippen molar-refractivity contribution < 1.29 is 14.3 Å². The predicted octanol–water partition coefficient (Wildman–Crippen LogP) is 2.51. The van der Waals surface area contributed by atoms with Crippen molar-refractivity contribution >= 4 is 5.97 Å². The highest BCUT2D eigenvalue weighted by molar-refractivity contribution is 5.80. The molecule has 1 atom stereocenters. The second kappa shape index (κ2) is 9.34. The van der Waals surface area contributed by atoms with Crippen LogP contribution in [0.3, 0.4) is 0 Å². The molecule has 108 valence electrons. The number of carbonyl (C=O) groups excluding carboxylic acids is 1. The molecule has 4 nitrogen and oxygen atoms in total. The maximum absolute atomic E-state index is 11.8. The van der Waals surface area contributed by atoms with Gasteiger partial charge in [-0.05, 0) is 33.6 Å². The van der Waals surface area contributed by atoms with E-state index in [1.165, 1.54) is 20.0 Å². The van der Waals surface area contributed by atoms with Crippen LogP contribution in [-0.2, 0) is 14.3 Å². The second-order valence-electron chi connectivity index (χ2n) is 5.19. The molecule has 18 heavy (non-hydrogen) atoms. The summed E-state index contributed by atoms with van der Waals surface area (Å²) in [5.41, 5.74) is -0.659. The van der Waals surface area contributed by atoms with Crippen LogP contribution in [0.2, 0.25) is 0 Å². The zero-order valence-electron chi connectivity index (χ0n) is 12.5. The fourth-order valence-electron chi connectivity index (χ4n) is 1.93. The van der Waals surface area contributed by atoms with Crippen LogP contribution < -0.4 is 5.32 Å². The lowest BCUT2D eigenvalue weighted by Crippen LogP contribution is -2.53. The van der Waals surface area contributed by atoms with Gasteiger partial charge in [0.15, 0.2) is 0 Å². The molecule has 0 radical (unpaired) electrons. The first kappa shape index (κ1) is 17.4. The van der Waals surface area contributed by atoms with Crippen LogP contribution in [0.1, 0.15) is 53.4 Å². The van der Waals surface area contributed by atoms with Gasteiger partial charge in [0.2, 0.25) is 0 Å². The molecule has 0 aromatic heterocycles. The van der Waals surface area contributed by atoms with Gasteiger partial charge < -0.3 is 9.47 Å². The smallest absolute Gasteiger partial charge is 0.325 e. The normalized spacial score (nSPS) is 14.6. The Morgan fingerprint density at radius 2 is 1.94 bits per heavy atom. The number of methoxy groups -OCH3 is 1. The lowest BCUT2D eigenvalue weighted by molar-refractivity contribution is -0.149. The van der Waals surface area contributed by atoms with Crippen LogP contribution in [0, 0.1) is 0 Å². The van der Waals surface area contributed by atoms with Gasteiger partial charge in [-0.1, -0.05) is 19.8 Å². The molecule has 0 aromatic rings. The molecule has 0 aromatic carbocycles. The SMILES string of the molecule is CCCCCOCCC(C)(NC(C)C)C(=O)OC. The summed E-state index contributed by atoms with van der Waals surface area (Å²) < 4.78 is 10.4. The Kier molecular flexibility index (Phi) is 9.02. The van der Waals surface area contributed by atoms with Crippen LogP contribution in [0.4, 0.5) is 0 Å². The first-order valence-electron chi connectivity index (χ1n) is 6.90. The molecule has 0 aliphatic heterocycles. The van der Waals surface area contributed by atoms with Crippen LogP contribution >= 0.6 is 0 Å². The van der Waals surface area contributed by atoms with Crippen LogP contribution in [0.15, 0.2) is 0 Å². The molecule has 0 aliphatic rings. The summed E-state index contributed by atoms with van der Waals surface area (Å²) in [5, 5.41) is 3.25. The first-order valence-corrected chi connectivity index (χ1v) is 6.90. The zero-order chi connectivity index (χ0) is 14.0. The van der Waals surface area contributed by atoms with Crippen molar-refractivity contribution in [2.24, 2.45) is 0 Å². The number of hydrogen-bond donors (Lipinski definition) is 1. The molecule has 4 heteroatoms. The lowest BCUT2D eigenvalue weighted by atomic mass is 9.97. The number of unbranched alkanes of at least 4 members (excludes halogenated alkanes) is 2. The van der Waals surface area contributed by atoms with Crippen molar-refractivity contribution in [3.05, 3.63) is 0 Å². The van der Waals surface area contributed by atoms with Gasteiger partial charge in [-0.2, -0.15) is 0 Å². The summed E-state index contributed by atoms with van der Waals surface area (Å²) in [6.45, 7) is 9.42. The van der Waals surface area contributed by atoms with Gasteiger partial charge in [-0.15, -0.1) is 0 Å². The van der Waals surface area contributed by atoms with E-state index in [9.17, 15) is 4.79 Å².